The highest BCUT2D eigenvalue weighted by molar-refractivity contribution is 9.10. The molecular formula is C11H6BrFO2. The zero-order valence-corrected chi connectivity index (χ0v) is 9.12. The van der Waals surface area contributed by atoms with E-state index in [-0.39, 0.29) is 16.0 Å². The lowest BCUT2D eigenvalue weighted by Gasteiger charge is -1.99. The fourth-order valence-corrected chi connectivity index (χ4v) is 1.57. The average Bonchev–Trinajstić information content (AvgIpc) is 2.74. The van der Waals surface area contributed by atoms with Crippen LogP contribution in [-0.2, 0) is 0 Å². The van der Waals surface area contributed by atoms with Gasteiger partial charge in [-0.1, -0.05) is 0 Å². The number of hydrogen-bond donors (Lipinski definition) is 0. The number of rotatable bonds is 2. The Morgan fingerprint density at radius 2 is 2.13 bits per heavy atom. The van der Waals surface area contributed by atoms with Crippen LogP contribution in [0.4, 0.5) is 4.39 Å². The maximum Gasteiger partial charge on any atom is 0.228 e. The van der Waals surface area contributed by atoms with Crippen LogP contribution in [0.5, 0.6) is 0 Å². The van der Waals surface area contributed by atoms with Gasteiger partial charge in [0.25, 0.3) is 0 Å². The summed E-state index contributed by atoms with van der Waals surface area (Å²) in [5.74, 6) is -0.416. The minimum atomic E-state index is -0.397. The zero-order valence-electron chi connectivity index (χ0n) is 7.54. The van der Waals surface area contributed by atoms with Crippen molar-refractivity contribution in [2.75, 3.05) is 0 Å². The van der Waals surface area contributed by atoms with Crippen LogP contribution in [0, 0.1) is 5.82 Å². The van der Waals surface area contributed by atoms with E-state index < -0.39 is 5.82 Å². The van der Waals surface area contributed by atoms with Gasteiger partial charge in [0.2, 0.25) is 5.78 Å². The number of benzene rings is 1. The van der Waals surface area contributed by atoms with Crippen LogP contribution in [0.25, 0.3) is 0 Å². The number of carbonyl (C=O) groups excluding carboxylic acids is 1. The number of halogens is 2. The second-order valence-corrected chi connectivity index (χ2v) is 3.79. The van der Waals surface area contributed by atoms with Crippen molar-refractivity contribution in [3.63, 3.8) is 0 Å². The Morgan fingerprint density at radius 3 is 2.73 bits per heavy atom. The van der Waals surface area contributed by atoms with Crippen molar-refractivity contribution in [3.05, 3.63) is 58.2 Å². The van der Waals surface area contributed by atoms with Crippen LogP contribution in [0.1, 0.15) is 16.1 Å². The summed E-state index contributed by atoms with van der Waals surface area (Å²) >= 11 is 3.02. The molecule has 0 N–H and O–H groups in total. The molecular weight excluding hydrogens is 263 g/mol. The summed E-state index contributed by atoms with van der Waals surface area (Å²) in [5, 5.41) is 0. The van der Waals surface area contributed by atoms with Crippen molar-refractivity contribution < 1.29 is 13.6 Å². The van der Waals surface area contributed by atoms with Gasteiger partial charge in [-0.05, 0) is 46.3 Å². The van der Waals surface area contributed by atoms with Gasteiger partial charge in [0.05, 0.1) is 10.7 Å². The highest BCUT2D eigenvalue weighted by Gasteiger charge is 2.12. The van der Waals surface area contributed by atoms with Crippen LogP contribution in [-0.4, -0.2) is 5.78 Å². The van der Waals surface area contributed by atoms with Crippen LogP contribution >= 0.6 is 15.9 Å². The number of ketones is 1. The van der Waals surface area contributed by atoms with Gasteiger partial charge in [0.15, 0.2) is 5.76 Å². The third-order valence-corrected chi connectivity index (χ3v) is 2.53. The van der Waals surface area contributed by atoms with E-state index in [0.29, 0.717) is 5.56 Å². The maximum absolute atomic E-state index is 12.9. The van der Waals surface area contributed by atoms with Crippen LogP contribution in [0.3, 0.4) is 0 Å². The maximum atomic E-state index is 12.9. The molecule has 1 aromatic heterocycles. The quantitative estimate of drug-likeness (QED) is 0.782. The van der Waals surface area contributed by atoms with Crippen LogP contribution in [0.2, 0.25) is 0 Å². The lowest BCUT2D eigenvalue weighted by Crippen LogP contribution is -1.99. The summed E-state index contributed by atoms with van der Waals surface area (Å²) in [7, 11) is 0. The smallest absolute Gasteiger partial charge is 0.228 e. The first-order chi connectivity index (χ1) is 7.18. The van der Waals surface area contributed by atoms with E-state index in [1.165, 1.54) is 24.5 Å². The Kier molecular flexibility index (Phi) is 2.68. The first-order valence-electron chi connectivity index (χ1n) is 4.22. The predicted molar refractivity (Wildman–Crippen MR) is 56.2 cm³/mol. The minimum Gasteiger partial charge on any atom is -0.461 e. The number of carbonyl (C=O) groups is 1. The highest BCUT2D eigenvalue weighted by atomic mass is 79.9. The monoisotopic (exact) mass is 268 g/mol. The van der Waals surface area contributed by atoms with Gasteiger partial charge in [0.1, 0.15) is 5.82 Å². The Bertz CT molecular complexity index is 491. The molecule has 2 aromatic rings. The molecule has 0 aliphatic rings. The van der Waals surface area contributed by atoms with E-state index in [1.54, 1.807) is 12.1 Å². The summed E-state index contributed by atoms with van der Waals surface area (Å²) < 4.78 is 18.1. The van der Waals surface area contributed by atoms with Gasteiger partial charge in [-0.2, -0.15) is 0 Å². The first-order valence-corrected chi connectivity index (χ1v) is 5.01. The third kappa shape index (κ3) is 1.99. The Hall–Kier alpha value is -1.42. The molecule has 2 nitrogen and oxygen atoms in total. The van der Waals surface area contributed by atoms with Crippen LogP contribution in [0.15, 0.2) is 45.5 Å². The molecule has 0 unspecified atom stereocenters. The molecule has 0 aliphatic heterocycles. The molecule has 0 saturated heterocycles. The molecule has 76 valence electrons. The molecule has 0 aliphatic carbocycles. The summed E-state index contributed by atoms with van der Waals surface area (Å²) in [6, 6.07) is 7.29. The second kappa shape index (κ2) is 3.98. The summed E-state index contributed by atoms with van der Waals surface area (Å²) in [6.07, 6.45) is 1.42. The molecule has 0 spiro atoms. The molecule has 15 heavy (non-hydrogen) atoms. The van der Waals surface area contributed by atoms with Gasteiger partial charge >= 0.3 is 0 Å². The second-order valence-electron chi connectivity index (χ2n) is 2.94. The van der Waals surface area contributed by atoms with Gasteiger partial charge in [0, 0.05) is 5.56 Å². The molecule has 0 fully saturated rings. The van der Waals surface area contributed by atoms with Crippen molar-refractivity contribution in [3.8, 4) is 0 Å². The lowest BCUT2D eigenvalue weighted by molar-refractivity contribution is 0.101. The van der Waals surface area contributed by atoms with Crippen LogP contribution < -0.4 is 0 Å². The summed E-state index contributed by atoms with van der Waals surface area (Å²) in [6.45, 7) is 0. The predicted octanol–water partition coefficient (Wildman–Crippen LogP) is 3.41. The summed E-state index contributed by atoms with van der Waals surface area (Å²) in [4.78, 5) is 11.7. The molecule has 0 saturated carbocycles. The van der Waals surface area contributed by atoms with Crippen molar-refractivity contribution in [1.29, 1.82) is 0 Å². The molecule has 0 atom stereocenters. The molecule has 0 radical (unpaired) electrons. The lowest BCUT2D eigenvalue weighted by atomic mass is 10.1. The fourth-order valence-electron chi connectivity index (χ4n) is 1.19. The molecule has 1 aromatic carbocycles. The normalized spacial score (nSPS) is 10.3. The molecule has 2 rings (SSSR count). The largest absolute Gasteiger partial charge is 0.461 e. The standard InChI is InChI=1S/C11H6BrFO2/c12-8-6-7(3-4-9(8)13)11(14)10-2-1-5-15-10/h1-6H. The fraction of sp³-hybridized carbons (Fsp3) is 0. The van der Waals surface area contributed by atoms with E-state index in [2.05, 4.69) is 15.9 Å². The molecule has 1 heterocycles. The highest BCUT2D eigenvalue weighted by Crippen LogP contribution is 2.19. The van der Waals surface area contributed by atoms with Crippen molar-refractivity contribution >= 4 is 21.7 Å². The van der Waals surface area contributed by atoms with Crippen molar-refractivity contribution in [1.82, 2.24) is 0 Å². The van der Waals surface area contributed by atoms with E-state index in [9.17, 15) is 9.18 Å². The zero-order chi connectivity index (χ0) is 10.8. The average molecular weight is 269 g/mol. The van der Waals surface area contributed by atoms with Gasteiger partial charge < -0.3 is 4.42 Å². The van der Waals surface area contributed by atoms with E-state index in [0.717, 1.165) is 0 Å². The van der Waals surface area contributed by atoms with Gasteiger partial charge in [-0.3, -0.25) is 4.79 Å². The Labute approximate surface area is 93.8 Å². The Balaban J connectivity index is 2.39. The molecule has 4 heteroatoms. The third-order valence-electron chi connectivity index (χ3n) is 1.93. The minimum absolute atomic E-state index is 0.244. The molecule has 0 bridgehead atoms. The first kappa shape index (κ1) is 10.1. The Morgan fingerprint density at radius 1 is 1.33 bits per heavy atom. The number of hydrogen-bond acceptors (Lipinski definition) is 2. The SMILES string of the molecule is O=C(c1ccc(F)c(Br)c1)c1ccco1. The van der Waals surface area contributed by atoms with Crippen molar-refractivity contribution in [2.45, 2.75) is 0 Å². The van der Waals surface area contributed by atoms with E-state index >= 15 is 0 Å². The van der Waals surface area contributed by atoms with Gasteiger partial charge in [-0.25, -0.2) is 4.39 Å². The van der Waals surface area contributed by atoms with E-state index in [1.807, 2.05) is 0 Å². The van der Waals surface area contributed by atoms with E-state index in [4.69, 9.17) is 4.42 Å². The van der Waals surface area contributed by atoms with Gasteiger partial charge in [-0.15, -0.1) is 0 Å². The van der Waals surface area contributed by atoms with Crippen molar-refractivity contribution in [2.24, 2.45) is 0 Å². The number of furan rings is 1. The topological polar surface area (TPSA) is 30.2 Å². The summed E-state index contributed by atoms with van der Waals surface area (Å²) in [5.41, 5.74) is 0.387. The molecule has 0 amide bonds.